The summed E-state index contributed by atoms with van der Waals surface area (Å²) in [7, 11) is 0. The molecule has 2 saturated heterocycles. The van der Waals surface area contributed by atoms with Crippen molar-refractivity contribution in [1.29, 1.82) is 0 Å². The summed E-state index contributed by atoms with van der Waals surface area (Å²) in [6.45, 7) is 7.94. The van der Waals surface area contributed by atoms with Gasteiger partial charge in [-0.15, -0.1) is 0 Å². The first-order valence-electron chi connectivity index (χ1n) is 11.3. The SMILES string of the molecule is CC(C)n1cnc2c(N3CCCC3)nc(C3CCN(C(=O)c4ccnnc4)CC3)cc21. The fourth-order valence-corrected chi connectivity index (χ4v) is 4.78. The van der Waals surface area contributed by atoms with E-state index in [4.69, 9.17) is 9.97 Å². The second-order valence-corrected chi connectivity index (χ2v) is 8.88. The van der Waals surface area contributed by atoms with Gasteiger partial charge in [-0.05, 0) is 51.7 Å². The number of carbonyl (C=O) groups is 1. The Kier molecular flexibility index (Phi) is 5.29. The molecule has 0 N–H and O–H groups in total. The van der Waals surface area contributed by atoms with E-state index < -0.39 is 0 Å². The van der Waals surface area contributed by atoms with Crippen molar-refractivity contribution in [3.63, 3.8) is 0 Å². The van der Waals surface area contributed by atoms with Crippen LogP contribution in [0, 0.1) is 0 Å². The highest BCUT2D eigenvalue weighted by molar-refractivity contribution is 5.93. The van der Waals surface area contributed by atoms with E-state index in [2.05, 4.69) is 39.6 Å². The molecule has 3 aromatic heterocycles. The summed E-state index contributed by atoms with van der Waals surface area (Å²) in [5.41, 5.74) is 3.92. The molecule has 0 bridgehead atoms. The number of amides is 1. The maximum Gasteiger partial charge on any atom is 0.255 e. The lowest BCUT2D eigenvalue weighted by Gasteiger charge is -2.32. The Bertz CT molecular complexity index is 1060. The van der Waals surface area contributed by atoms with Gasteiger partial charge in [0.25, 0.3) is 5.91 Å². The van der Waals surface area contributed by atoms with E-state index in [1.165, 1.54) is 18.4 Å². The summed E-state index contributed by atoms with van der Waals surface area (Å²) in [6.07, 6.45) is 9.31. The molecule has 5 heterocycles. The number of carbonyl (C=O) groups excluding carboxylic acids is 1. The van der Waals surface area contributed by atoms with Crippen LogP contribution in [0.4, 0.5) is 5.82 Å². The summed E-state index contributed by atoms with van der Waals surface area (Å²) in [4.78, 5) is 26.9. The minimum Gasteiger partial charge on any atom is -0.355 e. The van der Waals surface area contributed by atoms with Crippen LogP contribution in [0.1, 0.15) is 67.5 Å². The molecule has 0 unspecified atom stereocenters. The lowest BCUT2D eigenvalue weighted by atomic mass is 9.92. The number of likely N-dealkylation sites (tertiary alicyclic amines) is 1. The Hall–Kier alpha value is -3.03. The van der Waals surface area contributed by atoms with Crippen LogP contribution in [0.5, 0.6) is 0 Å². The van der Waals surface area contributed by atoms with Crippen LogP contribution in [0.25, 0.3) is 11.0 Å². The van der Waals surface area contributed by atoms with Crippen molar-refractivity contribution in [2.75, 3.05) is 31.1 Å². The molecule has 0 aliphatic carbocycles. The minimum absolute atomic E-state index is 0.0346. The molecule has 0 saturated carbocycles. The molecule has 8 nitrogen and oxygen atoms in total. The zero-order chi connectivity index (χ0) is 21.4. The molecule has 0 atom stereocenters. The van der Waals surface area contributed by atoms with Crippen LogP contribution in [-0.2, 0) is 0 Å². The van der Waals surface area contributed by atoms with Crippen molar-refractivity contribution in [2.24, 2.45) is 0 Å². The first-order chi connectivity index (χ1) is 15.1. The van der Waals surface area contributed by atoms with Gasteiger partial charge >= 0.3 is 0 Å². The van der Waals surface area contributed by atoms with Gasteiger partial charge in [-0.2, -0.15) is 10.2 Å². The number of hydrogen-bond acceptors (Lipinski definition) is 6. The van der Waals surface area contributed by atoms with Crippen LogP contribution in [0.3, 0.4) is 0 Å². The quantitative estimate of drug-likeness (QED) is 0.645. The van der Waals surface area contributed by atoms with Crippen LogP contribution in [-0.4, -0.2) is 61.7 Å². The van der Waals surface area contributed by atoms with Crippen molar-refractivity contribution in [3.05, 3.63) is 42.1 Å². The third kappa shape index (κ3) is 3.75. The Morgan fingerprint density at radius 2 is 1.87 bits per heavy atom. The molecule has 0 aromatic carbocycles. The lowest BCUT2D eigenvalue weighted by Crippen LogP contribution is -2.38. The summed E-state index contributed by atoms with van der Waals surface area (Å²) >= 11 is 0. The standard InChI is InChI=1S/C23H29N7O/c1-16(2)30-15-24-21-20(30)13-19(27-22(21)28-9-3-4-10-28)17-6-11-29(12-7-17)23(31)18-5-8-25-26-14-18/h5,8,13-17H,3-4,6-7,9-12H2,1-2H3. The first kappa shape index (κ1) is 19.9. The van der Waals surface area contributed by atoms with E-state index >= 15 is 0 Å². The first-order valence-corrected chi connectivity index (χ1v) is 11.3. The molecule has 2 fully saturated rings. The smallest absolute Gasteiger partial charge is 0.255 e. The highest BCUT2D eigenvalue weighted by Gasteiger charge is 2.28. The molecule has 8 heteroatoms. The van der Waals surface area contributed by atoms with Gasteiger partial charge in [0, 0.05) is 43.8 Å². The maximum absolute atomic E-state index is 12.8. The van der Waals surface area contributed by atoms with Crippen molar-refractivity contribution < 1.29 is 4.79 Å². The highest BCUT2D eigenvalue weighted by Crippen LogP contribution is 2.34. The fraction of sp³-hybridized carbons (Fsp3) is 0.522. The number of hydrogen-bond donors (Lipinski definition) is 0. The van der Waals surface area contributed by atoms with Gasteiger partial charge in [0.05, 0.1) is 29.8 Å². The summed E-state index contributed by atoms with van der Waals surface area (Å²) in [5, 5.41) is 7.60. The average molecular weight is 420 g/mol. The zero-order valence-corrected chi connectivity index (χ0v) is 18.2. The van der Waals surface area contributed by atoms with Crippen molar-refractivity contribution in [2.45, 2.75) is 51.5 Å². The predicted octanol–water partition coefficient (Wildman–Crippen LogP) is 3.42. The van der Waals surface area contributed by atoms with Gasteiger partial charge in [-0.25, -0.2) is 9.97 Å². The van der Waals surface area contributed by atoms with Crippen LogP contribution >= 0.6 is 0 Å². The molecule has 162 valence electrons. The average Bonchev–Trinajstić information content (AvgIpc) is 3.49. The fourth-order valence-electron chi connectivity index (χ4n) is 4.78. The lowest BCUT2D eigenvalue weighted by molar-refractivity contribution is 0.0711. The maximum atomic E-state index is 12.8. The van der Waals surface area contributed by atoms with Crippen molar-refractivity contribution in [3.8, 4) is 0 Å². The number of imidazole rings is 1. The van der Waals surface area contributed by atoms with Crippen molar-refractivity contribution >= 4 is 22.8 Å². The van der Waals surface area contributed by atoms with Gasteiger partial charge < -0.3 is 14.4 Å². The number of nitrogens with zero attached hydrogens (tertiary/aromatic N) is 7. The topological polar surface area (TPSA) is 80.0 Å². The number of pyridine rings is 1. The molecular formula is C23H29N7O. The van der Waals surface area contributed by atoms with E-state index in [9.17, 15) is 4.79 Å². The van der Waals surface area contributed by atoms with Gasteiger partial charge in [0.2, 0.25) is 0 Å². The second-order valence-electron chi connectivity index (χ2n) is 8.88. The number of aromatic nitrogens is 5. The number of fused-ring (bicyclic) bond motifs is 1. The number of rotatable bonds is 4. The van der Waals surface area contributed by atoms with Gasteiger partial charge in [-0.3, -0.25) is 4.79 Å². The van der Waals surface area contributed by atoms with Crippen molar-refractivity contribution in [1.82, 2.24) is 29.6 Å². The summed E-state index contributed by atoms with van der Waals surface area (Å²) in [5.74, 6) is 1.42. The third-order valence-electron chi connectivity index (χ3n) is 6.56. The Morgan fingerprint density at radius 1 is 1.10 bits per heavy atom. The molecule has 5 rings (SSSR count). The molecule has 0 spiro atoms. The Labute approximate surface area is 182 Å². The summed E-state index contributed by atoms with van der Waals surface area (Å²) < 4.78 is 2.25. The molecule has 2 aliphatic heterocycles. The monoisotopic (exact) mass is 419 g/mol. The van der Waals surface area contributed by atoms with E-state index in [0.717, 1.165) is 56.0 Å². The van der Waals surface area contributed by atoms with E-state index in [-0.39, 0.29) is 5.91 Å². The molecule has 2 aliphatic rings. The molecule has 3 aromatic rings. The van der Waals surface area contributed by atoms with Gasteiger partial charge in [-0.1, -0.05) is 0 Å². The van der Waals surface area contributed by atoms with Crippen LogP contribution < -0.4 is 4.90 Å². The van der Waals surface area contributed by atoms with Crippen LogP contribution in [0.2, 0.25) is 0 Å². The largest absolute Gasteiger partial charge is 0.355 e. The van der Waals surface area contributed by atoms with E-state index in [1.807, 2.05) is 11.2 Å². The van der Waals surface area contributed by atoms with Gasteiger partial charge in [0.15, 0.2) is 5.82 Å². The number of piperidine rings is 1. The highest BCUT2D eigenvalue weighted by atomic mass is 16.2. The van der Waals surface area contributed by atoms with Crippen LogP contribution in [0.15, 0.2) is 30.9 Å². The molecular weight excluding hydrogens is 390 g/mol. The van der Waals surface area contributed by atoms with E-state index in [0.29, 0.717) is 17.5 Å². The third-order valence-corrected chi connectivity index (χ3v) is 6.56. The Morgan fingerprint density at radius 3 is 2.55 bits per heavy atom. The second kappa shape index (κ2) is 8.24. The van der Waals surface area contributed by atoms with Gasteiger partial charge in [0.1, 0.15) is 5.52 Å². The molecule has 0 radical (unpaired) electrons. The molecule has 1 amide bonds. The zero-order valence-electron chi connectivity index (χ0n) is 18.2. The van der Waals surface area contributed by atoms with E-state index in [1.54, 1.807) is 18.5 Å². The molecule has 31 heavy (non-hydrogen) atoms. The normalized spacial score (nSPS) is 17.8. The number of anilines is 1. The Balaban J connectivity index is 1.41. The summed E-state index contributed by atoms with van der Waals surface area (Å²) in [6, 6.07) is 4.31. The minimum atomic E-state index is 0.0346. The predicted molar refractivity (Wildman–Crippen MR) is 119 cm³/mol.